The molecule has 38 heavy (non-hydrogen) atoms. The van der Waals surface area contributed by atoms with E-state index in [1.54, 1.807) is 17.0 Å². The van der Waals surface area contributed by atoms with Crippen molar-refractivity contribution >= 4 is 43.5 Å². The predicted molar refractivity (Wildman–Crippen MR) is 154 cm³/mol. The summed E-state index contributed by atoms with van der Waals surface area (Å²) < 4.78 is 11.9. The number of nitrogens with one attached hydrogen (secondary N) is 2. The van der Waals surface area contributed by atoms with Crippen LogP contribution in [0.2, 0.25) is 28.2 Å². The van der Waals surface area contributed by atoms with Crippen LogP contribution >= 0.6 is 23.2 Å². The van der Waals surface area contributed by atoms with Crippen molar-refractivity contribution in [2.75, 3.05) is 31.7 Å². The lowest BCUT2D eigenvalue weighted by Crippen LogP contribution is -2.47. The zero-order valence-corrected chi connectivity index (χ0v) is 25.5. The van der Waals surface area contributed by atoms with Gasteiger partial charge >= 0.3 is 6.03 Å². The molecule has 0 radical (unpaired) electrons. The molecule has 8 nitrogen and oxygen atoms in total. The van der Waals surface area contributed by atoms with E-state index < -0.39 is 8.32 Å². The Hall–Kier alpha value is -1.91. The van der Waals surface area contributed by atoms with E-state index in [9.17, 15) is 4.79 Å². The number of anilines is 1. The van der Waals surface area contributed by atoms with Crippen LogP contribution in [-0.4, -0.2) is 61.6 Å². The molecule has 4 rings (SSSR count). The summed E-state index contributed by atoms with van der Waals surface area (Å²) in [4.78, 5) is 24.6. The summed E-state index contributed by atoms with van der Waals surface area (Å²) in [5.41, 5.74) is 2.81. The van der Waals surface area contributed by atoms with Gasteiger partial charge in [-0.25, -0.2) is 14.8 Å². The van der Waals surface area contributed by atoms with Crippen molar-refractivity contribution in [3.05, 3.63) is 51.3 Å². The fourth-order valence-electron chi connectivity index (χ4n) is 4.27. The smallest absolute Gasteiger partial charge is 0.318 e. The Kier molecular flexibility index (Phi) is 9.25. The van der Waals surface area contributed by atoms with Crippen LogP contribution in [0.15, 0.2) is 24.4 Å². The Labute approximate surface area is 236 Å². The molecular weight excluding hydrogens is 541 g/mol. The van der Waals surface area contributed by atoms with E-state index >= 15 is 0 Å². The maximum Gasteiger partial charge on any atom is 0.318 e. The van der Waals surface area contributed by atoms with E-state index in [4.69, 9.17) is 37.3 Å². The summed E-state index contributed by atoms with van der Waals surface area (Å²) in [6, 6.07) is 5.22. The third kappa shape index (κ3) is 7.18. The van der Waals surface area contributed by atoms with Crippen LogP contribution < -0.4 is 10.6 Å². The average molecular weight is 581 g/mol. The molecule has 2 amide bonds. The molecule has 0 spiro atoms. The molecule has 208 valence electrons. The van der Waals surface area contributed by atoms with Crippen molar-refractivity contribution in [1.82, 2.24) is 20.2 Å². The Morgan fingerprint density at radius 1 is 1.24 bits per heavy atom. The molecule has 3 heterocycles. The van der Waals surface area contributed by atoms with Gasteiger partial charge in [0.2, 0.25) is 5.95 Å². The number of fused-ring (bicyclic) bond motifs is 1. The Balaban J connectivity index is 1.46. The SMILES string of the molecule is CC(C)(C)[Si](C)(C)OCC(NC(=O)N1CCc2cnc(NC3CCOCC3)nc2C1)c1ccc(Cl)c(Cl)c1. The third-order valence-electron chi connectivity index (χ3n) is 7.85. The number of urea groups is 1. The molecular formula is C27H39Cl2N5O3Si. The minimum Gasteiger partial charge on any atom is -0.414 e. The Morgan fingerprint density at radius 2 is 1.97 bits per heavy atom. The van der Waals surface area contributed by atoms with E-state index in [-0.39, 0.29) is 17.1 Å². The average Bonchev–Trinajstić information content (AvgIpc) is 2.87. The summed E-state index contributed by atoms with van der Waals surface area (Å²) in [6.07, 6.45) is 4.45. The van der Waals surface area contributed by atoms with Crippen LogP contribution in [0.5, 0.6) is 0 Å². The molecule has 1 aromatic heterocycles. The number of halogens is 2. The first kappa shape index (κ1) is 29.1. The number of ether oxygens (including phenoxy) is 1. The first-order valence-electron chi connectivity index (χ1n) is 13.3. The second-order valence-corrected chi connectivity index (χ2v) is 17.2. The number of hydrogen-bond acceptors (Lipinski definition) is 6. The first-order valence-corrected chi connectivity index (χ1v) is 16.9. The zero-order valence-electron chi connectivity index (χ0n) is 22.9. The topological polar surface area (TPSA) is 88.6 Å². The van der Waals surface area contributed by atoms with Gasteiger partial charge in [0.05, 0.1) is 34.9 Å². The van der Waals surface area contributed by atoms with Gasteiger partial charge in [-0.15, -0.1) is 0 Å². The predicted octanol–water partition coefficient (Wildman–Crippen LogP) is 6.21. The zero-order chi connectivity index (χ0) is 27.5. The van der Waals surface area contributed by atoms with E-state index in [2.05, 4.69) is 49.5 Å². The molecule has 1 atom stereocenters. The lowest BCUT2D eigenvalue weighted by atomic mass is 10.1. The Bertz CT molecular complexity index is 1140. The van der Waals surface area contributed by atoms with Crippen LogP contribution in [-0.2, 0) is 22.1 Å². The number of amides is 2. The highest BCUT2D eigenvalue weighted by Crippen LogP contribution is 2.37. The minimum absolute atomic E-state index is 0.0475. The van der Waals surface area contributed by atoms with E-state index in [0.717, 1.165) is 42.9 Å². The highest BCUT2D eigenvalue weighted by Gasteiger charge is 2.38. The molecule has 2 aliphatic heterocycles. The van der Waals surface area contributed by atoms with Crippen molar-refractivity contribution in [2.24, 2.45) is 0 Å². The molecule has 0 bridgehead atoms. The standard InChI is InChI=1S/C27H39Cl2N5O3Si/c1-27(2,3)38(4,5)37-17-24(18-6-7-21(28)22(29)14-18)33-26(35)34-11-8-19-15-30-25(32-23(19)16-34)31-20-9-12-36-13-10-20/h6-7,14-15,20,24H,8-13,16-17H2,1-5H3,(H,33,35)(H,30,31,32). The van der Waals surface area contributed by atoms with Crippen LogP contribution in [0.1, 0.15) is 56.5 Å². The monoisotopic (exact) mass is 579 g/mol. The molecule has 0 saturated carbocycles. The summed E-state index contributed by atoms with van der Waals surface area (Å²) in [5, 5.41) is 7.59. The van der Waals surface area contributed by atoms with Crippen LogP contribution in [0.4, 0.5) is 10.7 Å². The Morgan fingerprint density at radius 3 is 2.66 bits per heavy atom. The van der Waals surface area contributed by atoms with Crippen LogP contribution in [0.25, 0.3) is 0 Å². The molecule has 2 aromatic rings. The molecule has 1 fully saturated rings. The number of nitrogens with zero attached hydrogens (tertiary/aromatic N) is 3. The third-order valence-corrected chi connectivity index (χ3v) is 13.1. The minimum atomic E-state index is -2.04. The number of carbonyl (C=O) groups is 1. The van der Waals surface area contributed by atoms with Crippen LogP contribution in [0, 0.1) is 0 Å². The summed E-state index contributed by atoms with van der Waals surface area (Å²) in [5.74, 6) is 0.606. The van der Waals surface area contributed by atoms with Gasteiger partial charge < -0.3 is 24.7 Å². The second kappa shape index (κ2) is 12.1. The largest absolute Gasteiger partial charge is 0.414 e. The van der Waals surface area contributed by atoms with Gasteiger partial charge in [0.15, 0.2) is 8.32 Å². The van der Waals surface area contributed by atoms with Crippen LogP contribution in [0.3, 0.4) is 0 Å². The number of hydrogen-bond donors (Lipinski definition) is 2. The number of rotatable bonds is 7. The molecule has 1 saturated heterocycles. The van der Waals surface area contributed by atoms with Gasteiger partial charge in [-0.2, -0.15) is 0 Å². The van der Waals surface area contributed by atoms with Gasteiger partial charge in [0, 0.05) is 32.0 Å². The fraction of sp³-hybridized carbons (Fsp3) is 0.593. The maximum atomic E-state index is 13.5. The second-order valence-electron chi connectivity index (χ2n) is 11.6. The van der Waals surface area contributed by atoms with Crippen molar-refractivity contribution < 1.29 is 14.0 Å². The van der Waals surface area contributed by atoms with E-state index in [1.807, 2.05) is 12.3 Å². The molecule has 0 aliphatic carbocycles. The molecule has 2 N–H and O–H groups in total. The van der Waals surface area contributed by atoms with E-state index in [0.29, 0.717) is 48.2 Å². The van der Waals surface area contributed by atoms with Gasteiger partial charge in [0.25, 0.3) is 0 Å². The van der Waals surface area contributed by atoms with Crippen molar-refractivity contribution in [2.45, 2.75) is 76.8 Å². The van der Waals surface area contributed by atoms with Gasteiger partial charge in [-0.3, -0.25) is 0 Å². The van der Waals surface area contributed by atoms with Crippen molar-refractivity contribution in [1.29, 1.82) is 0 Å². The summed E-state index contributed by atoms with van der Waals surface area (Å²) >= 11 is 12.5. The van der Waals surface area contributed by atoms with Gasteiger partial charge in [0.1, 0.15) is 0 Å². The maximum absolute atomic E-state index is 13.5. The number of carbonyl (C=O) groups excluding carboxylic acids is 1. The molecule has 2 aliphatic rings. The quantitative estimate of drug-likeness (QED) is 0.379. The van der Waals surface area contributed by atoms with Crippen molar-refractivity contribution in [3.63, 3.8) is 0 Å². The van der Waals surface area contributed by atoms with Gasteiger partial charge in [-0.05, 0) is 60.7 Å². The number of benzene rings is 1. The summed E-state index contributed by atoms with van der Waals surface area (Å²) in [7, 11) is -2.04. The fourth-order valence-corrected chi connectivity index (χ4v) is 5.59. The normalized spacial score (nSPS) is 17.6. The highest BCUT2D eigenvalue weighted by molar-refractivity contribution is 6.74. The lowest BCUT2D eigenvalue weighted by Gasteiger charge is -2.38. The first-order chi connectivity index (χ1) is 17.9. The molecule has 11 heteroatoms. The summed E-state index contributed by atoms with van der Waals surface area (Å²) in [6.45, 7) is 13.9. The van der Waals surface area contributed by atoms with Gasteiger partial charge in [-0.1, -0.05) is 50.0 Å². The van der Waals surface area contributed by atoms with E-state index in [1.165, 1.54) is 0 Å². The highest BCUT2D eigenvalue weighted by atomic mass is 35.5. The number of aromatic nitrogens is 2. The lowest BCUT2D eigenvalue weighted by molar-refractivity contribution is 0.0903. The molecule has 1 unspecified atom stereocenters. The van der Waals surface area contributed by atoms with Crippen molar-refractivity contribution in [3.8, 4) is 0 Å². The molecule has 1 aromatic carbocycles.